The van der Waals surface area contributed by atoms with Crippen molar-refractivity contribution in [3.63, 3.8) is 0 Å². The molecule has 146 valence electrons. The Hall–Kier alpha value is -0.890. The first-order valence-corrected chi connectivity index (χ1v) is 11.1. The number of halogens is 1. The first-order valence-electron chi connectivity index (χ1n) is 11.1. The van der Waals surface area contributed by atoms with E-state index in [4.69, 9.17) is 5.11 Å². The molecule has 0 aliphatic heterocycles. The van der Waals surface area contributed by atoms with E-state index in [2.05, 4.69) is 6.92 Å². The van der Waals surface area contributed by atoms with Crippen LogP contribution in [0.25, 0.3) is 0 Å². The molecule has 2 fully saturated rings. The molecule has 0 heterocycles. The summed E-state index contributed by atoms with van der Waals surface area (Å²) in [6.45, 7) is 2.36. The van der Waals surface area contributed by atoms with Gasteiger partial charge < -0.3 is 5.11 Å². The van der Waals surface area contributed by atoms with Crippen LogP contribution in [0.15, 0.2) is 18.2 Å². The average Bonchev–Trinajstić information content (AvgIpc) is 2.69. The molecule has 3 rings (SSSR count). The van der Waals surface area contributed by atoms with E-state index < -0.39 is 0 Å². The summed E-state index contributed by atoms with van der Waals surface area (Å²) in [5.74, 6) is 3.68. The Labute approximate surface area is 159 Å². The Morgan fingerprint density at radius 1 is 0.885 bits per heavy atom. The Bertz CT molecular complexity index is 539. The highest BCUT2D eigenvalue weighted by Crippen LogP contribution is 2.42. The number of rotatable bonds is 7. The second-order valence-corrected chi connectivity index (χ2v) is 8.91. The van der Waals surface area contributed by atoms with Gasteiger partial charge in [0, 0.05) is 6.61 Å². The average molecular weight is 361 g/mol. The summed E-state index contributed by atoms with van der Waals surface area (Å²) in [5.41, 5.74) is 1.75. The lowest BCUT2D eigenvalue weighted by Crippen LogP contribution is -2.25. The predicted octanol–water partition coefficient (Wildman–Crippen LogP) is 6.32. The molecular formula is C24H37FO. The van der Waals surface area contributed by atoms with Crippen molar-refractivity contribution >= 4 is 0 Å². The van der Waals surface area contributed by atoms with Crippen LogP contribution in [-0.4, -0.2) is 11.7 Å². The van der Waals surface area contributed by atoms with Gasteiger partial charge in [0.1, 0.15) is 5.82 Å². The fraction of sp³-hybridized carbons (Fsp3) is 0.750. The van der Waals surface area contributed by atoms with Crippen LogP contribution in [0.5, 0.6) is 0 Å². The molecular weight excluding hydrogens is 323 g/mol. The fourth-order valence-corrected chi connectivity index (χ4v) is 5.46. The van der Waals surface area contributed by atoms with Crippen molar-refractivity contribution in [2.75, 3.05) is 6.61 Å². The van der Waals surface area contributed by atoms with E-state index in [0.29, 0.717) is 12.0 Å². The molecule has 0 aromatic heterocycles. The topological polar surface area (TPSA) is 20.2 Å². The van der Waals surface area contributed by atoms with Gasteiger partial charge in [-0.3, -0.25) is 0 Å². The summed E-state index contributed by atoms with van der Waals surface area (Å²) in [7, 11) is 0. The maximum atomic E-state index is 14.0. The van der Waals surface area contributed by atoms with Crippen molar-refractivity contribution in [1.29, 1.82) is 0 Å². The molecule has 1 nitrogen and oxygen atoms in total. The molecule has 0 bridgehead atoms. The van der Waals surface area contributed by atoms with Crippen LogP contribution in [0.3, 0.4) is 0 Å². The summed E-state index contributed by atoms with van der Waals surface area (Å²) in [6, 6.07) is 5.58. The van der Waals surface area contributed by atoms with E-state index in [0.717, 1.165) is 35.7 Å². The van der Waals surface area contributed by atoms with E-state index in [-0.39, 0.29) is 12.4 Å². The SMILES string of the molecule is CCC1CCC(C2CCC(CCc3ccc(CCO)c(F)c3)CC2)CC1. The minimum Gasteiger partial charge on any atom is -0.396 e. The molecule has 2 aliphatic carbocycles. The van der Waals surface area contributed by atoms with Crippen LogP contribution >= 0.6 is 0 Å². The minimum absolute atomic E-state index is 0.0135. The maximum Gasteiger partial charge on any atom is 0.126 e. The largest absolute Gasteiger partial charge is 0.396 e. The van der Waals surface area contributed by atoms with Gasteiger partial charge in [-0.25, -0.2) is 4.39 Å². The standard InChI is InChI=1S/C24H37FO/c1-2-18-5-10-21(11-6-18)22-12-7-19(8-13-22)3-4-20-9-14-23(15-16-26)24(25)17-20/h9,14,17-19,21-22,26H,2-8,10-13,15-16H2,1H3. The minimum atomic E-state index is -0.150. The van der Waals surface area contributed by atoms with E-state index in [1.54, 1.807) is 6.07 Å². The zero-order chi connectivity index (χ0) is 18.4. The smallest absolute Gasteiger partial charge is 0.126 e. The van der Waals surface area contributed by atoms with Gasteiger partial charge in [0.25, 0.3) is 0 Å². The number of aliphatic hydroxyl groups excluding tert-OH is 1. The Balaban J connectivity index is 1.40. The van der Waals surface area contributed by atoms with Crippen LogP contribution in [0.2, 0.25) is 0 Å². The number of hydrogen-bond donors (Lipinski definition) is 1. The van der Waals surface area contributed by atoms with Crippen LogP contribution in [-0.2, 0) is 12.8 Å². The summed E-state index contributed by atoms with van der Waals surface area (Å²) < 4.78 is 14.0. The van der Waals surface area contributed by atoms with E-state index >= 15 is 0 Å². The Morgan fingerprint density at radius 3 is 2.04 bits per heavy atom. The van der Waals surface area contributed by atoms with Crippen LogP contribution in [0, 0.1) is 29.5 Å². The number of aryl methyl sites for hydroxylation is 1. The normalized spacial score (nSPS) is 29.7. The lowest BCUT2D eigenvalue weighted by Gasteiger charge is -2.37. The van der Waals surface area contributed by atoms with Gasteiger partial charge in [-0.1, -0.05) is 51.2 Å². The highest BCUT2D eigenvalue weighted by molar-refractivity contribution is 5.24. The van der Waals surface area contributed by atoms with Gasteiger partial charge in [-0.15, -0.1) is 0 Å². The Morgan fingerprint density at radius 2 is 1.50 bits per heavy atom. The summed E-state index contributed by atoms with van der Waals surface area (Å²) in [5, 5.41) is 8.96. The van der Waals surface area contributed by atoms with Gasteiger partial charge in [-0.2, -0.15) is 0 Å². The lowest BCUT2D eigenvalue weighted by atomic mass is 9.68. The molecule has 0 spiro atoms. The molecule has 0 unspecified atom stereocenters. The van der Waals surface area contributed by atoms with E-state index in [9.17, 15) is 4.39 Å². The zero-order valence-electron chi connectivity index (χ0n) is 16.6. The molecule has 0 amide bonds. The molecule has 26 heavy (non-hydrogen) atoms. The summed E-state index contributed by atoms with van der Waals surface area (Å²) in [4.78, 5) is 0. The first kappa shape index (κ1) is 19.9. The predicted molar refractivity (Wildman–Crippen MR) is 107 cm³/mol. The van der Waals surface area contributed by atoms with Crippen LogP contribution < -0.4 is 0 Å². The van der Waals surface area contributed by atoms with E-state index in [1.165, 1.54) is 64.2 Å². The van der Waals surface area contributed by atoms with Crippen molar-refractivity contribution < 1.29 is 9.50 Å². The van der Waals surface area contributed by atoms with Crippen LogP contribution in [0.1, 0.15) is 82.3 Å². The number of benzene rings is 1. The third-order valence-electron chi connectivity index (χ3n) is 7.37. The maximum absolute atomic E-state index is 14.0. The van der Waals surface area contributed by atoms with Gasteiger partial charge in [0.2, 0.25) is 0 Å². The summed E-state index contributed by atoms with van der Waals surface area (Å²) in [6.07, 6.45) is 15.5. The van der Waals surface area contributed by atoms with Crippen LogP contribution in [0.4, 0.5) is 4.39 Å². The highest BCUT2D eigenvalue weighted by atomic mass is 19.1. The number of aliphatic hydroxyl groups is 1. The molecule has 2 saturated carbocycles. The number of hydrogen-bond acceptors (Lipinski definition) is 1. The third-order valence-corrected chi connectivity index (χ3v) is 7.37. The molecule has 1 aromatic rings. The molecule has 0 radical (unpaired) electrons. The first-order chi connectivity index (χ1) is 12.7. The molecule has 0 atom stereocenters. The van der Waals surface area contributed by atoms with E-state index in [1.807, 2.05) is 12.1 Å². The third kappa shape index (κ3) is 5.31. The second kappa shape index (κ2) is 9.88. The second-order valence-electron chi connectivity index (χ2n) is 8.91. The van der Waals surface area contributed by atoms with Gasteiger partial charge >= 0.3 is 0 Å². The molecule has 2 heteroatoms. The summed E-state index contributed by atoms with van der Waals surface area (Å²) >= 11 is 0. The van der Waals surface area contributed by atoms with Crippen molar-refractivity contribution in [3.05, 3.63) is 35.1 Å². The fourth-order valence-electron chi connectivity index (χ4n) is 5.46. The Kier molecular flexibility index (Phi) is 7.54. The lowest BCUT2D eigenvalue weighted by molar-refractivity contribution is 0.142. The monoisotopic (exact) mass is 360 g/mol. The van der Waals surface area contributed by atoms with Gasteiger partial charge in [0.15, 0.2) is 0 Å². The molecule has 1 aromatic carbocycles. The van der Waals surface area contributed by atoms with Gasteiger partial charge in [0.05, 0.1) is 0 Å². The zero-order valence-corrected chi connectivity index (χ0v) is 16.6. The highest BCUT2D eigenvalue weighted by Gasteiger charge is 2.30. The quantitative estimate of drug-likeness (QED) is 0.603. The van der Waals surface area contributed by atoms with Gasteiger partial charge in [-0.05, 0) is 85.8 Å². The van der Waals surface area contributed by atoms with Crippen molar-refractivity contribution in [2.24, 2.45) is 23.7 Å². The van der Waals surface area contributed by atoms with Crippen molar-refractivity contribution in [3.8, 4) is 0 Å². The van der Waals surface area contributed by atoms with Crippen molar-refractivity contribution in [1.82, 2.24) is 0 Å². The van der Waals surface area contributed by atoms with Crippen molar-refractivity contribution in [2.45, 2.75) is 84.0 Å². The molecule has 2 aliphatic rings. The molecule has 1 N–H and O–H groups in total. The molecule has 0 saturated heterocycles.